The van der Waals surface area contributed by atoms with Gasteiger partial charge in [0.15, 0.2) is 0 Å². The summed E-state index contributed by atoms with van der Waals surface area (Å²) in [4.78, 5) is 24.9. The van der Waals surface area contributed by atoms with Crippen LogP contribution in [0.15, 0.2) is 89.1 Å². The molecule has 0 radical (unpaired) electrons. The summed E-state index contributed by atoms with van der Waals surface area (Å²) in [5.74, 6) is 0.215. The topological polar surface area (TPSA) is 114 Å². The Balaban J connectivity index is 1.37. The van der Waals surface area contributed by atoms with E-state index in [9.17, 15) is 13.6 Å². The number of amidine groups is 2. The molecular formula is C40H40F3N9O. The first-order valence-electron chi connectivity index (χ1n) is 18.0. The predicted molar refractivity (Wildman–Crippen MR) is 199 cm³/mol. The number of amides is 1. The monoisotopic (exact) mass is 719 g/mol. The van der Waals surface area contributed by atoms with Crippen molar-refractivity contribution in [1.82, 2.24) is 19.6 Å². The Morgan fingerprint density at radius 2 is 1.13 bits per heavy atom. The molecule has 3 heterocycles. The number of carbonyl (C=O) groups is 1. The minimum absolute atomic E-state index is 0.0932. The second-order valence-corrected chi connectivity index (χ2v) is 14.5. The molecule has 0 saturated heterocycles. The maximum absolute atomic E-state index is 15.4. The Labute approximate surface area is 305 Å². The summed E-state index contributed by atoms with van der Waals surface area (Å²) in [6, 6.07) is 16.2. The number of benzene rings is 3. The molecule has 272 valence electrons. The van der Waals surface area contributed by atoms with Crippen molar-refractivity contribution in [1.29, 1.82) is 0 Å². The summed E-state index contributed by atoms with van der Waals surface area (Å²) in [5, 5.41) is 19.7. The lowest BCUT2D eigenvalue weighted by Crippen LogP contribution is -2.39. The lowest BCUT2D eigenvalue weighted by atomic mass is 9.71. The van der Waals surface area contributed by atoms with Crippen LogP contribution in [0.25, 0.3) is 0 Å². The van der Waals surface area contributed by atoms with Crippen LogP contribution >= 0.6 is 0 Å². The van der Waals surface area contributed by atoms with Gasteiger partial charge in [0.2, 0.25) is 5.91 Å². The van der Waals surface area contributed by atoms with Crippen molar-refractivity contribution >= 4 is 34.9 Å². The summed E-state index contributed by atoms with van der Waals surface area (Å²) < 4.78 is 47.2. The van der Waals surface area contributed by atoms with Crippen LogP contribution < -0.4 is 16.0 Å². The molecule has 3 N–H and O–H groups in total. The number of hydrogen-bond acceptors (Lipinski definition) is 5. The summed E-state index contributed by atoms with van der Waals surface area (Å²) in [7, 11) is 0. The van der Waals surface area contributed by atoms with Gasteiger partial charge in [-0.1, -0.05) is 0 Å². The Hall–Kier alpha value is -5.72. The van der Waals surface area contributed by atoms with Gasteiger partial charge in [0.25, 0.3) is 0 Å². The van der Waals surface area contributed by atoms with Gasteiger partial charge < -0.3 is 16.0 Å². The highest BCUT2D eigenvalue weighted by Gasteiger charge is 2.55. The van der Waals surface area contributed by atoms with Crippen molar-refractivity contribution in [3.05, 3.63) is 124 Å². The highest BCUT2D eigenvalue weighted by atomic mass is 19.1. The quantitative estimate of drug-likeness (QED) is 0.100. The molecule has 0 spiro atoms. The highest BCUT2D eigenvalue weighted by molar-refractivity contribution is 6.15. The molecule has 13 heteroatoms. The zero-order valence-electron chi connectivity index (χ0n) is 29.9. The minimum Gasteiger partial charge on any atom is -0.325 e. The van der Waals surface area contributed by atoms with E-state index in [1.807, 2.05) is 27.7 Å². The van der Waals surface area contributed by atoms with Crippen LogP contribution in [0.1, 0.15) is 93.3 Å². The number of anilines is 3. The number of halogens is 3. The van der Waals surface area contributed by atoms with E-state index < -0.39 is 17.1 Å². The summed E-state index contributed by atoms with van der Waals surface area (Å²) in [5.41, 5.74) is 1.33. The van der Waals surface area contributed by atoms with Crippen molar-refractivity contribution < 1.29 is 18.0 Å². The molecule has 5 aromatic rings. The number of nitrogens with one attached hydrogen (secondary N) is 3. The average Bonchev–Trinajstić information content (AvgIpc) is 4.02. The molecule has 3 aromatic carbocycles. The predicted octanol–water partition coefficient (Wildman–Crippen LogP) is 7.99. The van der Waals surface area contributed by atoms with Crippen molar-refractivity contribution in [2.45, 2.75) is 83.0 Å². The summed E-state index contributed by atoms with van der Waals surface area (Å²) in [6.07, 6.45) is 6.95. The van der Waals surface area contributed by atoms with Gasteiger partial charge in [0.1, 0.15) is 46.2 Å². The molecule has 1 amide bonds. The van der Waals surface area contributed by atoms with Gasteiger partial charge in [-0.25, -0.2) is 22.5 Å². The van der Waals surface area contributed by atoms with Crippen LogP contribution in [-0.2, 0) is 10.2 Å². The second-order valence-electron chi connectivity index (χ2n) is 14.5. The van der Waals surface area contributed by atoms with Crippen LogP contribution in [0.2, 0.25) is 0 Å². The smallest absolute Gasteiger partial charge is 0.244 e. The van der Waals surface area contributed by atoms with Gasteiger partial charge in [-0.05, 0) is 120 Å². The Kier molecular flexibility index (Phi) is 8.66. The fourth-order valence-corrected chi connectivity index (χ4v) is 6.83. The molecule has 2 saturated carbocycles. The van der Waals surface area contributed by atoms with E-state index in [0.717, 1.165) is 25.7 Å². The number of hydrogen-bond donors (Lipinski definition) is 3. The van der Waals surface area contributed by atoms with Crippen LogP contribution in [-0.4, -0.2) is 49.2 Å². The van der Waals surface area contributed by atoms with Gasteiger partial charge in [-0.15, -0.1) is 0 Å². The van der Waals surface area contributed by atoms with Crippen LogP contribution in [0, 0.1) is 17.5 Å². The molecule has 53 heavy (non-hydrogen) atoms. The third kappa shape index (κ3) is 6.38. The van der Waals surface area contributed by atoms with Gasteiger partial charge in [0, 0.05) is 45.6 Å². The Bertz CT molecular complexity index is 2120. The largest absolute Gasteiger partial charge is 0.325 e. The number of carbonyl (C=O) groups excluding carboxylic acids is 1. The van der Waals surface area contributed by atoms with Crippen molar-refractivity contribution in [3.8, 4) is 0 Å². The van der Waals surface area contributed by atoms with E-state index in [2.05, 4.69) is 16.0 Å². The van der Waals surface area contributed by atoms with E-state index in [0.29, 0.717) is 56.8 Å². The number of rotatable bonds is 10. The fourth-order valence-electron chi connectivity index (χ4n) is 6.83. The molecule has 8 rings (SSSR count). The van der Waals surface area contributed by atoms with Crippen molar-refractivity contribution in [2.24, 2.45) is 9.98 Å². The number of fused-ring (bicyclic) bond motifs is 1. The summed E-state index contributed by atoms with van der Waals surface area (Å²) >= 11 is 0. The van der Waals surface area contributed by atoms with Gasteiger partial charge >= 0.3 is 0 Å². The lowest BCUT2D eigenvalue weighted by Gasteiger charge is -2.30. The van der Waals surface area contributed by atoms with Gasteiger partial charge in [-0.2, -0.15) is 10.2 Å². The first-order chi connectivity index (χ1) is 25.5. The first kappa shape index (κ1) is 34.4. The molecule has 0 atom stereocenters. The van der Waals surface area contributed by atoms with E-state index in [1.54, 1.807) is 52.1 Å². The SMILES string of the molecule is CC(C)n1ncc(C2(c3cnn(C(C)C)c3NC(=NC3CC3)c3ccc(F)cc3)C(=O)Nc3ccc(F)cc32)c1NC(=NC1CC1)c1ccc(F)cc1. The molecule has 0 unspecified atom stereocenters. The molecule has 0 bridgehead atoms. The normalized spacial score (nSPS) is 18.8. The Morgan fingerprint density at radius 3 is 1.55 bits per heavy atom. The Morgan fingerprint density at radius 1 is 0.698 bits per heavy atom. The number of aromatic nitrogens is 4. The van der Waals surface area contributed by atoms with Crippen molar-refractivity contribution in [3.63, 3.8) is 0 Å². The molecular weight excluding hydrogens is 679 g/mol. The molecule has 2 aliphatic carbocycles. The first-order valence-corrected chi connectivity index (χ1v) is 18.0. The van der Waals surface area contributed by atoms with Crippen LogP contribution in [0.4, 0.5) is 30.5 Å². The fraction of sp³-hybridized carbons (Fsp3) is 0.325. The lowest BCUT2D eigenvalue weighted by molar-refractivity contribution is -0.118. The molecule has 2 fully saturated rings. The van der Waals surface area contributed by atoms with E-state index >= 15 is 4.39 Å². The molecule has 10 nitrogen and oxygen atoms in total. The molecule has 1 aliphatic heterocycles. The standard InChI is InChI=1S/C40H40F3N9O/c1-22(2)51-37(49-35(46-29-14-15-29)24-5-9-26(41)10-6-24)32(20-44-51)40(31-19-28(43)13-18-34(31)48-39(40)53)33-21-45-52(23(3)4)38(33)50-36(47-30-16-17-30)25-7-11-27(42)12-8-25/h5-13,18-23,29-30H,14-17H2,1-4H3,(H,46,49)(H,47,50)(H,48,53). The van der Waals surface area contributed by atoms with E-state index in [4.69, 9.17) is 20.2 Å². The maximum atomic E-state index is 15.4. The summed E-state index contributed by atoms with van der Waals surface area (Å²) in [6.45, 7) is 7.89. The zero-order valence-corrected chi connectivity index (χ0v) is 29.9. The maximum Gasteiger partial charge on any atom is 0.244 e. The van der Waals surface area contributed by atoms with E-state index in [1.165, 1.54) is 36.4 Å². The molecule has 3 aliphatic rings. The van der Waals surface area contributed by atoms with Gasteiger partial charge in [-0.3, -0.25) is 14.8 Å². The minimum atomic E-state index is -1.69. The second kappa shape index (κ2) is 13.4. The third-order valence-electron chi connectivity index (χ3n) is 9.78. The van der Waals surface area contributed by atoms with E-state index in [-0.39, 0.29) is 35.8 Å². The highest BCUT2D eigenvalue weighted by Crippen LogP contribution is 2.52. The average molecular weight is 720 g/mol. The van der Waals surface area contributed by atoms with Crippen molar-refractivity contribution in [2.75, 3.05) is 16.0 Å². The van der Waals surface area contributed by atoms with Gasteiger partial charge in [0.05, 0.1) is 24.5 Å². The van der Waals surface area contributed by atoms with Crippen LogP contribution in [0.5, 0.6) is 0 Å². The number of nitrogens with zero attached hydrogens (tertiary/aromatic N) is 6. The molecule has 2 aromatic heterocycles. The third-order valence-corrected chi connectivity index (χ3v) is 9.78. The van der Waals surface area contributed by atoms with Crippen LogP contribution in [0.3, 0.4) is 0 Å². The zero-order chi connectivity index (χ0) is 37.0. The number of aliphatic imine (C=N–C) groups is 2.